The minimum atomic E-state index is 0.230. The lowest BCUT2D eigenvalue weighted by Gasteiger charge is -2.31. The number of hydrogen-bond donors (Lipinski definition) is 1. The van der Waals surface area contributed by atoms with E-state index in [0.717, 1.165) is 19.0 Å². The predicted molar refractivity (Wildman–Crippen MR) is 49.3 cm³/mol. The summed E-state index contributed by atoms with van der Waals surface area (Å²) in [5.41, 5.74) is 0. The van der Waals surface area contributed by atoms with Crippen molar-refractivity contribution >= 4 is 5.91 Å². The number of rotatable bonds is 1. The van der Waals surface area contributed by atoms with Crippen molar-refractivity contribution in [2.24, 2.45) is 0 Å². The lowest BCUT2D eigenvalue weighted by molar-refractivity contribution is -0.126. The maximum Gasteiger partial charge on any atom is 0.237 e. The quantitative estimate of drug-likeness (QED) is 0.637. The first kappa shape index (κ1) is 7.80. The molecular weight excluding hydrogens is 164 g/mol. The molecule has 0 radical (unpaired) electrons. The normalized spacial score (nSPS) is 40.2. The van der Waals surface area contributed by atoms with Gasteiger partial charge in [0.05, 0.1) is 6.04 Å². The Morgan fingerprint density at radius 3 is 2.69 bits per heavy atom. The van der Waals surface area contributed by atoms with E-state index < -0.39 is 0 Å². The summed E-state index contributed by atoms with van der Waals surface area (Å²) in [6.45, 7) is 1.11. The Morgan fingerprint density at radius 2 is 2.08 bits per heavy atom. The molecule has 1 saturated carbocycles. The standard InChI is InChI=1S/C10H16N2O/c13-10-9-5-7(11-10)6-12(9)8-3-1-2-4-8/h7-9H,1-6H2,(H,11,13)/t7-,9-/m1/s1. The predicted octanol–water partition coefficient (Wildman–Crippen LogP) is 0.502. The van der Waals surface area contributed by atoms with Gasteiger partial charge in [0.15, 0.2) is 0 Å². The summed E-state index contributed by atoms with van der Waals surface area (Å²) in [6.07, 6.45) is 6.42. The van der Waals surface area contributed by atoms with Crippen LogP contribution < -0.4 is 5.32 Å². The number of nitrogens with one attached hydrogen (secondary N) is 1. The van der Waals surface area contributed by atoms with Crippen LogP contribution in [0.4, 0.5) is 0 Å². The maximum atomic E-state index is 11.5. The molecule has 0 aromatic carbocycles. The van der Waals surface area contributed by atoms with E-state index in [9.17, 15) is 4.79 Å². The number of amides is 1. The Bertz CT molecular complexity index is 235. The first-order valence-corrected chi connectivity index (χ1v) is 5.41. The fourth-order valence-electron chi connectivity index (χ4n) is 3.16. The average Bonchev–Trinajstić information content (AvgIpc) is 2.76. The lowest BCUT2D eigenvalue weighted by Crippen LogP contribution is -2.51. The number of hydrogen-bond acceptors (Lipinski definition) is 2. The third-order valence-electron chi connectivity index (χ3n) is 3.78. The van der Waals surface area contributed by atoms with Crippen LogP contribution >= 0.6 is 0 Å². The molecule has 1 aliphatic carbocycles. The summed E-state index contributed by atoms with van der Waals surface area (Å²) in [7, 11) is 0. The summed E-state index contributed by atoms with van der Waals surface area (Å²) >= 11 is 0. The van der Waals surface area contributed by atoms with E-state index >= 15 is 0 Å². The number of fused-ring (bicyclic) bond motifs is 2. The number of likely N-dealkylation sites (tertiary alicyclic amines) is 1. The third kappa shape index (κ3) is 1.10. The van der Waals surface area contributed by atoms with Crippen LogP contribution in [-0.2, 0) is 4.79 Å². The van der Waals surface area contributed by atoms with Crippen LogP contribution in [0.3, 0.4) is 0 Å². The molecular formula is C10H16N2O. The van der Waals surface area contributed by atoms with Crippen LogP contribution in [0.15, 0.2) is 0 Å². The topological polar surface area (TPSA) is 32.3 Å². The smallest absolute Gasteiger partial charge is 0.237 e. The van der Waals surface area contributed by atoms with Gasteiger partial charge in [-0.1, -0.05) is 12.8 Å². The van der Waals surface area contributed by atoms with E-state index in [2.05, 4.69) is 10.2 Å². The molecule has 13 heavy (non-hydrogen) atoms. The first-order valence-electron chi connectivity index (χ1n) is 5.41. The Kier molecular flexibility index (Phi) is 1.62. The number of piperazine rings is 1. The van der Waals surface area contributed by atoms with Gasteiger partial charge in [0, 0.05) is 18.6 Å². The first-order chi connectivity index (χ1) is 6.34. The van der Waals surface area contributed by atoms with Gasteiger partial charge in [0.2, 0.25) is 5.91 Å². The Labute approximate surface area is 78.5 Å². The van der Waals surface area contributed by atoms with Crippen molar-refractivity contribution in [2.75, 3.05) is 6.54 Å². The molecule has 1 amide bonds. The van der Waals surface area contributed by atoms with Gasteiger partial charge in [-0.15, -0.1) is 0 Å². The molecule has 2 saturated heterocycles. The highest BCUT2D eigenvalue weighted by Gasteiger charge is 2.46. The van der Waals surface area contributed by atoms with E-state index in [0.29, 0.717) is 6.04 Å². The highest BCUT2D eigenvalue weighted by atomic mass is 16.2. The van der Waals surface area contributed by atoms with E-state index in [1.807, 2.05) is 0 Å². The van der Waals surface area contributed by atoms with Crippen LogP contribution in [0.5, 0.6) is 0 Å². The van der Waals surface area contributed by atoms with E-state index in [4.69, 9.17) is 0 Å². The van der Waals surface area contributed by atoms with Crippen molar-refractivity contribution in [3.05, 3.63) is 0 Å². The van der Waals surface area contributed by atoms with Crippen LogP contribution in [0, 0.1) is 0 Å². The zero-order valence-electron chi connectivity index (χ0n) is 7.83. The van der Waals surface area contributed by atoms with Gasteiger partial charge in [-0.2, -0.15) is 0 Å². The molecule has 2 aliphatic heterocycles. The molecule has 1 N–H and O–H groups in total. The third-order valence-corrected chi connectivity index (χ3v) is 3.78. The van der Waals surface area contributed by atoms with Crippen LogP contribution in [0.25, 0.3) is 0 Å². The van der Waals surface area contributed by atoms with Gasteiger partial charge >= 0.3 is 0 Å². The summed E-state index contributed by atoms with van der Waals surface area (Å²) in [5.74, 6) is 0.281. The molecule has 2 atom stereocenters. The molecule has 2 heterocycles. The summed E-state index contributed by atoms with van der Waals surface area (Å²) in [6, 6.07) is 1.42. The number of carbonyl (C=O) groups excluding carboxylic acids is 1. The van der Waals surface area contributed by atoms with Gasteiger partial charge in [0.25, 0.3) is 0 Å². The maximum absolute atomic E-state index is 11.5. The van der Waals surface area contributed by atoms with E-state index in [1.54, 1.807) is 0 Å². The molecule has 2 bridgehead atoms. The lowest BCUT2D eigenvalue weighted by atomic mass is 10.1. The fraction of sp³-hybridized carbons (Fsp3) is 0.900. The second-order valence-electron chi connectivity index (χ2n) is 4.59. The molecule has 3 heteroatoms. The molecule has 3 aliphatic rings. The second-order valence-corrected chi connectivity index (χ2v) is 4.59. The second kappa shape index (κ2) is 2.71. The van der Waals surface area contributed by atoms with E-state index in [-0.39, 0.29) is 11.9 Å². The van der Waals surface area contributed by atoms with Gasteiger partial charge in [-0.3, -0.25) is 9.69 Å². The number of nitrogens with zero attached hydrogens (tertiary/aromatic N) is 1. The average molecular weight is 180 g/mol. The van der Waals surface area contributed by atoms with Crippen molar-refractivity contribution in [1.29, 1.82) is 0 Å². The van der Waals surface area contributed by atoms with Crippen molar-refractivity contribution in [2.45, 2.75) is 50.2 Å². The largest absolute Gasteiger partial charge is 0.351 e. The molecule has 0 spiro atoms. The van der Waals surface area contributed by atoms with Crippen LogP contribution in [0.2, 0.25) is 0 Å². The Balaban J connectivity index is 1.75. The molecule has 72 valence electrons. The van der Waals surface area contributed by atoms with Gasteiger partial charge in [-0.05, 0) is 19.3 Å². The zero-order valence-corrected chi connectivity index (χ0v) is 7.83. The summed E-state index contributed by atoms with van der Waals surface area (Å²) in [5, 5.41) is 3.03. The molecule has 0 aromatic heterocycles. The Hall–Kier alpha value is -0.570. The monoisotopic (exact) mass is 180 g/mol. The van der Waals surface area contributed by atoms with Crippen LogP contribution in [0.1, 0.15) is 32.1 Å². The highest BCUT2D eigenvalue weighted by molar-refractivity contribution is 5.85. The fourth-order valence-corrected chi connectivity index (χ4v) is 3.16. The molecule has 0 aromatic rings. The van der Waals surface area contributed by atoms with Gasteiger partial charge in [0.1, 0.15) is 0 Å². The molecule has 3 rings (SSSR count). The van der Waals surface area contributed by atoms with E-state index in [1.165, 1.54) is 25.7 Å². The van der Waals surface area contributed by atoms with Crippen LogP contribution in [-0.4, -0.2) is 35.5 Å². The van der Waals surface area contributed by atoms with Gasteiger partial charge < -0.3 is 5.32 Å². The minimum Gasteiger partial charge on any atom is -0.351 e. The number of carbonyl (C=O) groups is 1. The van der Waals surface area contributed by atoms with Crippen molar-refractivity contribution < 1.29 is 4.79 Å². The summed E-state index contributed by atoms with van der Waals surface area (Å²) < 4.78 is 0. The minimum absolute atomic E-state index is 0.230. The highest BCUT2D eigenvalue weighted by Crippen LogP contribution is 2.32. The Morgan fingerprint density at radius 1 is 1.31 bits per heavy atom. The SMILES string of the molecule is O=C1N[C@@H]2C[C@H]1N(C1CCCC1)C2. The molecule has 3 nitrogen and oxygen atoms in total. The van der Waals surface area contributed by atoms with Crippen molar-refractivity contribution in [1.82, 2.24) is 10.2 Å². The molecule has 3 fully saturated rings. The molecule has 0 unspecified atom stereocenters. The van der Waals surface area contributed by atoms with Crippen molar-refractivity contribution in [3.63, 3.8) is 0 Å². The van der Waals surface area contributed by atoms with Gasteiger partial charge in [-0.25, -0.2) is 0 Å². The van der Waals surface area contributed by atoms with Crippen molar-refractivity contribution in [3.8, 4) is 0 Å². The summed E-state index contributed by atoms with van der Waals surface area (Å²) in [4.78, 5) is 13.9. The zero-order chi connectivity index (χ0) is 8.84.